The maximum Gasteiger partial charge on any atom is 0.231 e. The molecule has 0 unspecified atom stereocenters. The van der Waals surface area contributed by atoms with Crippen LogP contribution in [0.3, 0.4) is 0 Å². The normalized spacial score (nSPS) is 18.0. The number of hydrogen-bond acceptors (Lipinski definition) is 5. The molecule has 2 aliphatic heterocycles. The lowest BCUT2D eigenvalue weighted by molar-refractivity contribution is -0.117. The fraction of sp³-hybridized carbons (Fsp3) is 0.500. The van der Waals surface area contributed by atoms with Gasteiger partial charge in [-0.25, -0.2) is 0 Å². The van der Waals surface area contributed by atoms with Gasteiger partial charge in [0, 0.05) is 18.6 Å². The van der Waals surface area contributed by atoms with Crippen molar-refractivity contribution >= 4 is 29.0 Å². The molecular formula is C14H18N2O3S. The van der Waals surface area contributed by atoms with E-state index in [0.717, 1.165) is 24.3 Å². The number of fused-ring (bicyclic) bond motifs is 1. The number of rotatable bonds is 3. The summed E-state index contributed by atoms with van der Waals surface area (Å²) in [5, 5.41) is 2.88. The van der Waals surface area contributed by atoms with Crippen molar-refractivity contribution in [3.05, 3.63) is 12.1 Å². The Labute approximate surface area is 122 Å². The molecule has 1 aromatic rings. The van der Waals surface area contributed by atoms with Gasteiger partial charge >= 0.3 is 0 Å². The first-order valence-corrected chi connectivity index (χ1v) is 7.94. The van der Waals surface area contributed by atoms with Crippen LogP contribution in [0, 0.1) is 5.92 Å². The highest BCUT2D eigenvalue weighted by molar-refractivity contribution is 7.99. The van der Waals surface area contributed by atoms with Gasteiger partial charge in [0.05, 0.1) is 11.4 Å². The Hall–Kier alpha value is -1.56. The highest BCUT2D eigenvalue weighted by atomic mass is 32.2. The molecule has 108 valence electrons. The van der Waals surface area contributed by atoms with Crippen LogP contribution in [0.2, 0.25) is 0 Å². The van der Waals surface area contributed by atoms with Crippen LogP contribution in [0.1, 0.15) is 19.3 Å². The van der Waals surface area contributed by atoms with Crippen molar-refractivity contribution in [1.29, 1.82) is 0 Å². The van der Waals surface area contributed by atoms with E-state index in [1.54, 1.807) is 12.1 Å². The summed E-state index contributed by atoms with van der Waals surface area (Å²) in [6, 6.07) is 3.42. The van der Waals surface area contributed by atoms with Crippen LogP contribution in [-0.2, 0) is 4.79 Å². The second kappa shape index (κ2) is 5.83. The lowest BCUT2D eigenvalue weighted by Gasteiger charge is -2.20. The standard InChI is InChI=1S/C14H18N2O3S/c15-10-6-12-13(19-8-18-12)7-11(10)16-14(17)5-9-1-3-20-4-2-9/h6-7,9H,1-5,8,15H2,(H,16,17). The van der Waals surface area contributed by atoms with Gasteiger partial charge in [0.15, 0.2) is 11.5 Å². The molecule has 20 heavy (non-hydrogen) atoms. The number of hydrogen-bond donors (Lipinski definition) is 2. The van der Waals surface area contributed by atoms with Gasteiger partial charge in [-0.05, 0) is 30.3 Å². The second-order valence-electron chi connectivity index (χ2n) is 5.10. The van der Waals surface area contributed by atoms with Crippen molar-refractivity contribution in [2.45, 2.75) is 19.3 Å². The quantitative estimate of drug-likeness (QED) is 0.838. The zero-order valence-corrected chi connectivity index (χ0v) is 12.0. The molecule has 1 fully saturated rings. The van der Waals surface area contributed by atoms with Crippen LogP contribution in [0.4, 0.5) is 11.4 Å². The number of nitrogens with one attached hydrogen (secondary N) is 1. The summed E-state index contributed by atoms with van der Waals surface area (Å²) >= 11 is 1.96. The molecule has 0 radical (unpaired) electrons. The SMILES string of the molecule is Nc1cc2c(cc1NC(=O)CC1CCSCC1)OCO2. The van der Waals surface area contributed by atoms with E-state index in [9.17, 15) is 4.79 Å². The number of anilines is 2. The van der Waals surface area contributed by atoms with E-state index in [1.165, 1.54) is 0 Å². The second-order valence-corrected chi connectivity index (χ2v) is 6.33. The first-order valence-electron chi connectivity index (χ1n) is 6.79. The van der Waals surface area contributed by atoms with Crippen molar-refractivity contribution in [3.8, 4) is 11.5 Å². The molecule has 1 aromatic carbocycles. The maximum atomic E-state index is 12.1. The molecule has 0 atom stereocenters. The number of ether oxygens (including phenoxy) is 2. The van der Waals surface area contributed by atoms with Gasteiger partial charge in [-0.15, -0.1) is 0 Å². The molecule has 3 N–H and O–H groups in total. The van der Waals surface area contributed by atoms with Gasteiger partial charge in [-0.2, -0.15) is 11.8 Å². The zero-order valence-electron chi connectivity index (χ0n) is 11.2. The smallest absolute Gasteiger partial charge is 0.231 e. The number of carbonyl (C=O) groups is 1. The van der Waals surface area contributed by atoms with Crippen LogP contribution in [0.15, 0.2) is 12.1 Å². The lowest BCUT2D eigenvalue weighted by atomic mass is 9.98. The average molecular weight is 294 g/mol. The molecule has 2 heterocycles. The van der Waals surface area contributed by atoms with Crippen LogP contribution in [0.25, 0.3) is 0 Å². The molecule has 0 bridgehead atoms. The van der Waals surface area contributed by atoms with Crippen molar-refractivity contribution in [3.63, 3.8) is 0 Å². The van der Waals surface area contributed by atoms with E-state index in [0.29, 0.717) is 35.2 Å². The first-order chi connectivity index (χ1) is 9.72. The Morgan fingerprint density at radius 1 is 1.30 bits per heavy atom. The number of amides is 1. The summed E-state index contributed by atoms with van der Waals surface area (Å²) in [6.45, 7) is 0.200. The maximum absolute atomic E-state index is 12.1. The Kier molecular flexibility index (Phi) is 3.91. The van der Waals surface area contributed by atoms with Crippen LogP contribution in [-0.4, -0.2) is 24.2 Å². The molecule has 6 heteroatoms. The van der Waals surface area contributed by atoms with Crippen LogP contribution in [0.5, 0.6) is 11.5 Å². The average Bonchev–Trinajstić information content (AvgIpc) is 2.87. The Balaban J connectivity index is 1.63. The van der Waals surface area contributed by atoms with E-state index >= 15 is 0 Å². The summed E-state index contributed by atoms with van der Waals surface area (Å²) in [4.78, 5) is 12.1. The zero-order chi connectivity index (χ0) is 13.9. The van der Waals surface area contributed by atoms with E-state index in [4.69, 9.17) is 15.2 Å². The summed E-state index contributed by atoms with van der Waals surface area (Å²) in [5.41, 5.74) is 7.02. The number of thioether (sulfide) groups is 1. The number of benzene rings is 1. The third-order valence-electron chi connectivity index (χ3n) is 3.63. The molecule has 2 aliphatic rings. The summed E-state index contributed by atoms with van der Waals surface area (Å²) < 4.78 is 10.5. The monoisotopic (exact) mass is 294 g/mol. The largest absolute Gasteiger partial charge is 0.454 e. The Morgan fingerprint density at radius 3 is 2.75 bits per heavy atom. The molecule has 1 saturated heterocycles. The topological polar surface area (TPSA) is 73.6 Å². The Bertz CT molecular complexity index is 515. The van der Waals surface area contributed by atoms with Crippen molar-refractivity contribution in [2.24, 2.45) is 5.92 Å². The molecule has 0 saturated carbocycles. The van der Waals surface area contributed by atoms with Gasteiger partial charge in [0.25, 0.3) is 0 Å². The minimum absolute atomic E-state index is 0.0208. The van der Waals surface area contributed by atoms with Crippen LogP contribution < -0.4 is 20.5 Å². The van der Waals surface area contributed by atoms with Crippen LogP contribution >= 0.6 is 11.8 Å². The lowest BCUT2D eigenvalue weighted by Crippen LogP contribution is -2.20. The molecule has 1 amide bonds. The molecule has 0 aliphatic carbocycles. The highest BCUT2D eigenvalue weighted by Crippen LogP contribution is 2.38. The number of carbonyl (C=O) groups excluding carboxylic acids is 1. The molecular weight excluding hydrogens is 276 g/mol. The predicted molar refractivity (Wildman–Crippen MR) is 80.3 cm³/mol. The minimum atomic E-state index is 0.0208. The van der Waals surface area contributed by atoms with E-state index in [2.05, 4.69) is 5.32 Å². The van der Waals surface area contributed by atoms with Gasteiger partial charge in [-0.3, -0.25) is 4.79 Å². The van der Waals surface area contributed by atoms with Crippen molar-refractivity contribution < 1.29 is 14.3 Å². The highest BCUT2D eigenvalue weighted by Gasteiger charge is 2.20. The van der Waals surface area contributed by atoms with Gasteiger partial charge in [-0.1, -0.05) is 0 Å². The van der Waals surface area contributed by atoms with Gasteiger partial charge in [0.2, 0.25) is 12.7 Å². The molecule has 5 nitrogen and oxygen atoms in total. The fourth-order valence-electron chi connectivity index (χ4n) is 2.48. The van der Waals surface area contributed by atoms with Crippen molar-refractivity contribution in [1.82, 2.24) is 0 Å². The minimum Gasteiger partial charge on any atom is -0.454 e. The molecule has 3 rings (SSSR count). The summed E-state index contributed by atoms with van der Waals surface area (Å²) in [5.74, 6) is 4.08. The van der Waals surface area contributed by atoms with E-state index in [-0.39, 0.29) is 12.7 Å². The third-order valence-corrected chi connectivity index (χ3v) is 4.68. The first kappa shape index (κ1) is 13.4. The Morgan fingerprint density at radius 2 is 2.00 bits per heavy atom. The predicted octanol–water partition coefficient (Wildman–Crippen LogP) is 2.47. The fourth-order valence-corrected chi connectivity index (χ4v) is 3.68. The summed E-state index contributed by atoms with van der Waals surface area (Å²) in [7, 11) is 0. The summed E-state index contributed by atoms with van der Waals surface area (Å²) in [6.07, 6.45) is 2.80. The van der Waals surface area contributed by atoms with E-state index < -0.39 is 0 Å². The number of nitrogen functional groups attached to an aromatic ring is 1. The number of nitrogens with two attached hydrogens (primary N) is 1. The molecule has 0 aromatic heterocycles. The molecule has 0 spiro atoms. The van der Waals surface area contributed by atoms with Gasteiger partial charge < -0.3 is 20.5 Å². The third kappa shape index (κ3) is 2.95. The van der Waals surface area contributed by atoms with Crippen molar-refractivity contribution in [2.75, 3.05) is 29.3 Å². The van der Waals surface area contributed by atoms with Gasteiger partial charge in [0.1, 0.15) is 0 Å². The van der Waals surface area contributed by atoms with E-state index in [1.807, 2.05) is 11.8 Å².